The Morgan fingerprint density at radius 2 is 2.29 bits per heavy atom. The molecule has 14 heavy (non-hydrogen) atoms. The van der Waals surface area contributed by atoms with Crippen molar-refractivity contribution in [1.82, 2.24) is 5.32 Å². The molecule has 2 nitrogen and oxygen atoms in total. The monoisotopic (exact) mass is 198 g/mol. The van der Waals surface area contributed by atoms with Crippen LogP contribution in [0.5, 0.6) is 0 Å². The highest BCUT2D eigenvalue weighted by Gasteiger charge is 2.20. The van der Waals surface area contributed by atoms with E-state index in [-0.39, 0.29) is 11.9 Å². The molecule has 0 aromatic carbocycles. The zero-order chi connectivity index (χ0) is 10.6. The molecule has 1 aliphatic rings. The van der Waals surface area contributed by atoms with Crippen LogP contribution in [0.1, 0.15) is 40.0 Å². The van der Waals surface area contributed by atoms with E-state index in [1.54, 1.807) is 6.08 Å². The summed E-state index contributed by atoms with van der Waals surface area (Å²) in [7, 11) is 0. The summed E-state index contributed by atoms with van der Waals surface area (Å²) in [5.41, 5.74) is 0. The van der Waals surface area contributed by atoms with Gasteiger partial charge in [-0.1, -0.05) is 13.0 Å². The van der Waals surface area contributed by atoms with E-state index in [2.05, 4.69) is 10.3 Å². The van der Waals surface area contributed by atoms with Gasteiger partial charge in [0.05, 0.1) is 17.9 Å². The SMILES string of the molecule is CC/C=C(/F)C(C)NC(C)=NC1CC1. The molecule has 0 heterocycles. The predicted molar refractivity (Wildman–Crippen MR) is 58.2 cm³/mol. The lowest BCUT2D eigenvalue weighted by Gasteiger charge is -2.12. The normalized spacial score (nSPS) is 20.9. The van der Waals surface area contributed by atoms with E-state index in [0.717, 1.165) is 12.3 Å². The molecule has 3 heteroatoms. The number of hydrogen-bond donors (Lipinski definition) is 1. The standard InChI is InChI=1S/C11H19FN2/c1-4-5-11(12)8(2)13-9(3)14-10-6-7-10/h5,8,10H,4,6-7H2,1-3H3,(H,13,14)/b11-5+. The Kier molecular flexibility index (Phi) is 4.11. The third-order valence-corrected chi connectivity index (χ3v) is 2.16. The summed E-state index contributed by atoms with van der Waals surface area (Å²) in [6, 6.07) is 0.241. The molecular weight excluding hydrogens is 179 g/mol. The van der Waals surface area contributed by atoms with E-state index in [4.69, 9.17) is 0 Å². The molecule has 0 spiro atoms. The third-order valence-electron chi connectivity index (χ3n) is 2.16. The molecule has 80 valence electrons. The number of allylic oxidation sites excluding steroid dienone is 1. The van der Waals surface area contributed by atoms with Crippen molar-refractivity contribution in [3.05, 3.63) is 11.9 Å². The zero-order valence-electron chi connectivity index (χ0n) is 9.18. The summed E-state index contributed by atoms with van der Waals surface area (Å²) >= 11 is 0. The molecule has 0 amide bonds. The first-order valence-electron chi connectivity index (χ1n) is 5.30. The fourth-order valence-electron chi connectivity index (χ4n) is 1.27. The van der Waals surface area contributed by atoms with Gasteiger partial charge in [-0.25, -0.2) is 4.39 Å². The number of hydrogen-bond acceptors (Lipinski definition) is 1. The second-order valence-electron chi connectivity index (χ2n) is 3.81. The molecule has 1 atom stereocenters. The number of halogens is 1. The Hall–Kier alpha value is -0.860. The van der Waals surface area contributed by atoms with E-state index >= 15 is 0 Å². The second-order valence-corrected chi connectivity index (χ2v) is 3.81. The summed E-state index contributed by atoms with van der Waals surface area (Å²) in [6.07, 6.45) is 4.69. The highest BCUT2D eigenvalue weighted by atomic mass is 19.1. The van der Waals surface area contributed by atoms with Crippen LogP contribution in [0.4, 0.5) is 4.39 Å². The van der Waals surface area contributed by atoms with Crippen LogP contribution in [0.25, 0.3) is 0 Å². The first-order valence-corrected chi connectivity index (χ1v) is 5.30. The smallest absolute Gasteiger partial charge is 0.118 e. The lowest BCUT2D eigenvalue weighted by Crippen LogP contribution is -2.31. The number of rotatable bonds is 4. The Morgan fingerprint density at radius 3 is 2.79 bits per heavy atom. The molecule has 1 fully saturated rings. The van der Waals surface area contributed by atoms with Gasteiger partial charge in [0.15, 0.2) is 0 Å². The van der Waals surface area contributed by atoms with Crippen LogP contribution < -0.4 is 5.32 Å². The van der Waals surface area contributed by atoms with Gasteiger partial charge in [-0.2, -0.15) is 0 Å². The highest BCUT2D eigenvalue weighted by molar-refractivity contribution is 5.80. The van der Waals surface area contributed by atoms with Gasteiger partial charge in [0.1, 0.15) is 5.83 Å². The topological polar surface area (TPSA) is 24.4 Å². The van der Waals surface area contributed by atoms with E-state index in [0.29, 0.717) is 6.04 Å². The number of aliphatic imine (C=N–C) groups is 1. The van der Waals surface area contributed by atoms with Gasteiger partial charge < -0.3 is 5.32 Å². The van der Waals surface area contributed by atoms with Crippen LogP contribution in [0.3, 0.4) is 0 Å². The third kappa shape index (κ3) is 3.90. The average molecular weight is 198 g/mol. The fourth-order valence-corrected chi connectivity index (χ4v) is 1.27. The van der Waals surface area contributed by atoms with Gasteiger partial charge in [-0.3, -0.25) is 4.99 Å². The first kappa shape index (κ1) is 11.2. The van der Waals surface area contributed by atoms with Crippen molar-refractivity contribution in [1.29, 1.82) is 0 Å². The van der Waals surface area contributed by atoms with Crippen LogP contribution in [0.15, 0.2) is 16.9 Å². The number of nitrogens with one attached hydrogen (secondary N) is 1. The highest BCUT2D eigenvalue weighted by Crippen LogP contribution is 2.23. The zero-order valence-corrected chi connectivity index (χ0v) is 9.18. The minimum Gasteiger partial charge on any atom is -0.365 e. The predicted octanol–water partition coefficient (Wildman–Crippen LogP) is 2.81. The van der Waals surface area contributed by atoms with Crippen molar-refractivity contribution in [2.75, 3.05) is 0 Å². The molecule has 0 bridgehead atoms. The Balaban J connectivity index is 2.38. The van der Waals surface area contributed by atoms with Crippen LogP contribution in [0.2, 0.25) is 0 Å². The molecule has 0 saturated heterocycles. The molecule has 1 unspecified atom stereocenters. The summed E-state index contributed by atoms with van der Waals surface area (Å²) in [4.78, 5) is 4.38. The van der Waals surface area contributed by atoms with Crippen molar-refractivity contribution in [2.45, 2.75) is 52.1 Å². The molecule has 1 aliphatic carbocycles. The molecule has 1 N–H and O–H groups in total. The molecule has 0 aliphatic heterocycles. The Bertz CT molecular complexity index is 242. The lowest BCUT2D eigenvalue weighted by molar-refractivity contribution is 0.530. The van der Waals surface area contributed by atoms with E-state index < -0.39 is 0 Å². The summed E-state index contributed by atoms with van der Waals surface area (Å²) in [5, 5.41) is 3.04. The van der Waals surface area contributed by atoms with Gasteiger partial charge in [0, 0.05) is 0 Å². The molecule has 1 saturated carbocycles. The maximum absolute atomic E-state index is 13.3. The van der Waals surface area contributed by atoms with Gasteiger partial charge in [0.25, 0.3) is 0 Å². The number of amidine groups is 1. The summed E-state index contributed by atoms with van der Waals surface area (Å²) in [5.74, 6) is 0.748. The molecule has 0 aromatic heterocycles. The van der Waals surface area contributed by atoms with Crippen LogP contribution in [0, 0.1) is 0 Å². The van der Waals surface area contributed by atoms with E-state index in [1.165, 1.54) is 12.8 Å². The van der Waals surface area contributed by atoms with Gasteiger partial charge >= 0.3 is 0 Å². The maximum atomic E-state index is 13.3. The minimum absolute atomic E-state index is 0.0992. The maximum Gasteiger partial charge on any atom is 0.118 e. The van der Waals surface area contributed by atoms with Crippen LogP contribution in [-0.4, -0.2) is 17.9 Å². The van der Waals surface area contributed by atoms with Gasteiger partial charge in [-0.15, -0.1) is 0 Å². The van der Waals surface area contributed by atoms with Crippen molar-refractivity contribution >= 4 is 5.84 Å². The Morgan fingerprint density at radius 1 is 1.64 bits per heavy atom. The molecule has 0 aromatic rings. The molecule has 0 radical (unpaired) electrons. The van der Waals surface area contributed by atoms with Crippen LogP contribution >= 0.6 is 0 Å². The lowest BCUT2D eigenvalue weighted by atomic mass is 10.2. The summed E-state index contributed by atoms with van der Waals surface area (Å²) in [6.45, 7) is 5.64. The second kappa shape index (κ2) is 5.13. The summed E-state index contributed by atoms with van der Waals surface area (Å²) < 4.78 is 13.3. The van der Waals surface area contributed by atoms with Gasteiger partial charge in [-0.05, 0) is 33.1 Å². The minimum atomic E-state index is -0.252. The van der Waals surface area contributed by atoms with Gasteiger partial charge in [0.2, 0.25) is 0 Å². The average Bonchev–Trinajstić information content (AvgIpc) is 2.88. The van der Waals surface area contributed by atoms with Crippen molar-refractivity contribution in [3.8, 4) is 0 Å². The van der Waals surface area contributed by atoms with E-state index in [1.807, 2.05) is 20.8 Å². The molecule has 1 rings (SSSR count). The number of nitrogens with zero attached hydrogens (tertiary/aromatic N) is 1. The quantitative estimate of drug-likeness (QED) is 0.545. The largest absolute Gasteiger partial charge is 0.365 e. The van der Waals surface area contributed by atoms with Crippen LogP contribution in [-0.2, 0) is 0 Å². The van der Waals surface area contributed by atoms with Crippen molar-refractivity contribution < 1.29 is 4.39 Å². The van der Waals surface area contributed by atoms with E-state index in [9.17, 15) is 4.39 Å². The Labute approximate surface area is 85.3 Å². The first-order chi connectivity index (χ1) is 6.63. The van der Waals surface area contributed by atoms with Crippen molar-refractivity contribution in [3.63, 3.8) is 0 Å². The fraction of sp³-hybridized carbons (Fsp3) is 0.727. The molecular formula is C11H19FN2. The van der Waals surface area contributed by atoms with Crippen molar-refractivity contribution in [2.24, 2.45) is 4.99 Å².